The van der Waals surface area contributed by atoms with Gasteiger partial charge >= 0.3 is 6.18 Å². The van der Waals surface area contributed by atoms with Crippen molar-refractivity contribution < 1.29 is 18.0 Å². The largest absolute Gasteiger partial charge is 0.435 e. The molecule has 3 nitrogen and oxygen atoms in total. The zero-order chi connectivity index (χ0) is 11.0. The third-order valence-electron chi connectivity index (χ3n) is 3.08. The summed E-state index contributed by atoms with van der Waals surface area (Å²) in [6.45, 7) is 0. The van der Waals surface area contributed by atoms with Crippen LogP contribution in [-0.4, -0.2) is 15.6 Å². The van der Waals surface area contributed by atoms with Gasteiger partial charge in [-0.1, -0.05) is 0 Å². The highest BCUT2D eigenvalue weighted by Crippen LogP contribution is 2.57. The lowest BCUT2D eigenvalue weighted by Crippen LogP contribution is -2.12. The van der Waals surface area contributed by atoms with Crippen LogP contribution in [0.5, 0.6) is 0 Å². The number of alkyl halides is 3. The lowest BCUT2D eigenvalue weighted by Gasteiger charge is -2.03. The van der Waals surface area contributed by atoms with Crippen LogP contribution in [0.4, 0.5) is 13.2 Å². The molecule has 0 aromatic carbocycles. The molecule has 0 radical (unpaired) electrons. The number of carbonyl (C=O) groups excluding carboxylic acids is 1. The quantitative estimate of drug-likeness (QED) is 0.662. The van der Waals surface area contributed by atoms with Gasteiger partial charge in [0, 0.05) is 18.9 Å². The molecule has 1 saturated carbocycles. The van der Waals surface area contributed by atoms with Gasteiger partial charge in [-0.2, -0.15) is 18.3 Å². The van der Waals surface area contributed by atoms with Crippen molar-refractivity contribution in [2.45, 2.75) is 18.5 Å². The van der Waals surface area contributed by atoms with Crippen LogP contribution in [0.15, 0.2) is 0 Å². The molecule has 15 heavy (non-hydrogen) atoms. The molecule has 2 aliphatic rings. The Bertz CT molecular complexity index is 474. The number of carbonyl (C=O) groups is 1. The fourth-order valence-corrected chi connectivity index (χ4v) is 2.38. The molecule has 2 atom stereocenters. The van der Waals surface area contributed by atoms with Crippen molar-refractivity contribution in [3.05, 3.63) is 17.0 Å². The molecule has 1 aromatic rings. The van der Waals surface area contributed by atoms with Gasteiger partial charge in [0.05, 0.1) is 11.3 Å². The summed E-state index contributed by atoms with van der Waals surface area (Å²) >= 11 is 0. The smallest absolute Gasteiger partial charge is 0.294 e. The summed E-state index contributed by atoms with van der Waals surface area (Å²) < 4.78 is 38.8. The Balaban J connectivity index is 2.25. The van der Waals surface area contributed by atoms with Crippen molar-refractivity contribution in [2.24, 2.45) is 13.0 Å². The standard InChI is InChI=1S/C9H7F3N2O/c1-14-6-3-2-4(3)7(15)5(6)8(13-14)9(10,11)12/h3-4H,2H2,1H3. The van der Waals surface area contributed by atoms with Crippen molar-refractivity contribution in [1.29, 1.82) is 0 Å². The molecule has 1 aromatic heterocycles. The van der Waals surface area contributed by atoms with E-state index in [9.17, 15) is 18.0 Å². The first-order chi connectivity index (χ1) is 6.91. The molecule has 2 aliphatic carbocycles. The Morgan fingerprint density at radius 3 is 2.67 bits per heavy atom. The van der Waals surface area contributed by atoms with E-state index in [0.717, 1.165) is 0 Å². The third-order valence-corrected chi connectivity index (χ3v) is 3.08. The summed E-state index contributed by atoms with van der Waals surface area (Å²) in [5.74, 6) is -0.596. The van der Waals surface area contributed by atoms with Crippen LogP contribution in [-0.2, 0) is 13.2 Å². The summed E-state index contributed by atoms with van der Waals surface area (Å²) in [5.41, 5.74) is -0.735. The number of ketones is 1. The molecule has 0 saturated heterocycles. The van der Waals surface area contributed by atoms with Gasteiger partial charge in [0.15, 0.2) is 11.5 Å². The van der Waals surface area contributed by atoms with Crippen molar-refractivity contribution in [2.75, 3.05) is 0 Å². The molecule has 0 aliphatic heterocycles. The van der Waals surface area contributed by atoms with Gasteiger partial charge in [0.25, 0.3) is 0 Å². The first kappa shape index (κ1) is 8.94. The van der Waals surface area contributed by atoms with Crippen LogP contribution in [0.25, 0.3) is 0 Å². The van der Waals surface area contributed by atoms with E-state index in [1.807, 2.05) is 0 Å². The Morgan fingerprint density at radius 1 is 1.40 bits per heavy atom. The zero-order valence-electron chi connectivity index (χ0n) is 7.80. The van der Waals surface area contributed by atoms with Crippen molar-refractivity contribution in [1.82, 2.24) is 9.78 Å². The van der Waals surface area contributed by atoms with Crippen LogP contribution in [0.2, 0.25) is 0 Å². The predicted molar refractivity (Wildman–Crippen MR) is 43.4 cm³/mol. The van der Waals surface area contributed by atoms with Crippen molar-refractivity contribution in [3.8, 4) is 0 Å². The molecule has 0 N–H and O–H groups in total. The third kappa shape index (κ3) is 0.965. The van der Waals surface area contributed by atoms with E-state index in [4.69, 9.17) is 0 Å². The summed E-state index contributed by atoms with van der Waals surface area (Å²) in [5, 5.41) is 3.40. The number of halogens is 3. The van der Waals surface area contributed by atoms with E-state index in [1.165, 1.54) is 11.7 Å². The van der Waals surface area contributed by atoms with Gasteiger partial charge in [0.1, 0.15) is 0 Å². The fourth-order valence-electron chi connectivity index (χ4n) is 2.38. The van der Waals surface area contributed by atoms with Crippen LogP contribution in [0, 0.1) is 5.92 Å². The molecule has 0 spiro atoms. The number of hydrogen-bond donors (Lipinski definition) is 0. The highest BCUT2D eigenvalue weighted by atomic mass is 19.4. The zero-order valence-corrected chi connectivity index (χ0v) is 7.80. The van der Waals surface area contributed by atoms with Crippen LogP contribution >= 0.6 is 0 Å². The Kier molecular flexibility index (Phi) is 1.34. The second-order valence-electron chi connectivity index (χ2n) is 4.04. The molecule has 1 heterocycles. The first-order valence-electron chi connectivity index (χ1n) is 4.59. The SMILES string of the molecule is Cn1nc(C(F)(F)F)c2c1C1CC1C2=O. The van der Waals surface area contributed by atoms with Gasteiger partial charge in [-0.3, -0.25) is 9.48 Å². The maximum Gasteiger partial charge on any atom is 0.435 e. The first-order valence-corrected chi connectivity index (χ1v) is 4.59. The molecule has 80 valence electrons. The predicted octanol–water partition coefficient (Wildman–Crippen LogP) is 1.74. The second kappa shape index (κ2) is 2.25. The summed E-state index contributed by atoms with van der Waals surface area (Å²) in [7, 11) is 1.46. The average molecular weight is 216 g/mol. The number of aryl methyl sites for hydroxylation is 1. The topological polar surface area (TPSA) is 34.9 Å². The maximum absolute atomic E-state index is 12.5. The number of Topliss-reactive ketones (excluding diaryl/α,β-unsaturated/α-hetero) is 1. The van der Waals surface area contributed by atoms with Gasteiger partial charge in [-0.25, -0.2) is 0 Å². The highest BCUT2D eigenvalue weighted by Gasteiger charge is 2.57. The number of nitrogens with zero attached hydrogens (tertiary/aromatic N) is 2. The summed E-state index contributed by atoms with van der Waals surface area (Å²) in [4.78, 5) is 11.6. The molecule has 1 fully saturated rings. The number of aromatic nitrogens is 2. The number of rotatable bonds is 0. The molecular weight excluding hydrogens is 209 g/mol. The van der Waals surface area contributed by atoms with E-state index in [-0.39, 0.29) is 23.2 Å². The monoisotopic (exact) mass is 216 g/mol. The number of fused-ring (bicyclic) bond motifs is 3. The van der Waals surface area contributed by atoms with Crippen LogP contribution in [0.1, 0.15) is 34.1 Å². The lowest BCUT2D eigenvalue weighted by molar-refractivity contribution is -0.141. The Hall–Kier alpha value is -1.33. The van der Waals surface area contributed by atoms with Crippen LogP contribution in [0.3, 0.4) is 0 Å². The van der Waals surface area contributed by atoms with Gasteiger partial charge in [0.2, 0.25) is 0 Å². The Morgan fingerprint density at radius 2 is 2.07 bits per heavy atom. The minimum atomic E-state index is -4.53. The van der Waals surface area contributed by atoms with E-state index in [0.29, 0.717) is 12.1 Å². The second-order valence-corrected chi connectivity index (χ2v) is 4.04. The summed E-state index contributed by atoms with van der Waals surface area (Å²) in [6.07, 6.45) is -3.85. The van der Waals surface area contributed by atoms with E-state index in [2.05, 4.69) is 5.10 Å². The molecule has 0 amide bonds. The van der Waals surface area contributed by atoms with Gasteiger partial charge in [-0.15, -0.1) is 0 Å². The molecule has 2 unspecified atom stereocenters. The molecular formula is C9H7F3N2O. The molecule has 3 rings (SSSR count). The minimum absolute atomic E-state index is 0.0129. The van der Waals surface area contributed by atoms with Crippen molar-refractivity contribution in [3.63, 3.8) is 0 Å². The van der Waals surface area contributed by atoms with E-state index < -0.39 is 11.9 Å². The summed E-state index contributed by atoms with van der Waals surface area (Å²) in [6, 6.07) is 0. The number of hydrogen-bond acceptors (Lipinski definition) is 2. The minimum Gasteiger partial charge on any atom is -0.294 e. The molecule has 6 heteroatoms. The Labute approximate surface area is 82.9 Å². The normalized spacial score (nSPS) is 27.9. The average Bonchev–Trinajstić information content (AvgIpc) is 2.73. The highest BCUT2D eigenvalue weighted by molar-refractivity contribution is 6.06. The van der Waals surface area contributed by atoms with Crippen molar-refractivity contribution >= 4 is 5.78 Å². The van der Waals surface area contributed by atoms with E-state index in [1.54, 1.807) is 0 Å². The molecule has 0 bridgehead atoms. The van der Waals surface area contributed by atoms with Gasteiger partial charge < -0.3 is 0 Å². The van der Waals surface area contributed by atoms with E-state index >= 15 is 0 Å². The van der Waals surface area contributed by atoms with Gasteiger partial charge in [-0.05, 0) is 6.42 Å². The lowest BCUT2D eigenvalue weighted by atomic mass is 10.1. The maximum atomic E-state index is 12.5. The van der Waals surface area contributed by atoms with Crippen LogP contribution < -0.4 is 0 Å². The fraction of sp³-hybridized carbons (Fsp3) is 0.556.